The van der Waals surface area contributed by atoms with Crippen LogP contribution in [0.4, 0.5) is 0 Å². The van der Waals surface area contributed by atoms with Crippen LogP contribution in [0.15, 0.2) is 30.5 Å². The Morgan fingerprint density at radius 2 is 1.70 bits per heavy atom. The summed E-state index contributed by atoms with van der Waals surface area (Å²) in [5.74, 6) is 2.42. The number of aromatic nitrogens is 1. The van der Waals surface area contributed by atoms with Crippen LogP contribution in [0, 0.1) is 52.3 Å². The fraction of sp³-hybridized carbons (Fsp3) is 0.711. The van der Waals surface area contributed by atoms with Gasteiger partial charge in [0.05, 0.1) is 12.0 Å². The molecule has 1 aromatic carbocycles. The third kappa shape index (κ3) is 5.48. The van der Waals surface area contributed by atoms with Crippen LogP contribution < -0.4 is 5.73 Å². The minimum Gasteiger partial charge on any atom is -0.462 e. The SMILES string of the molecule is CC(=O)[C@H]1CC[C@H]2[C@@H]3CC[C@H]4C[C@H](OC(=O)[C@@H](CC(=O)[C@@H](N)C(C)C)Cc5c[nH]c6ccccc56)CC[C@]4(C)[C@H]3CC[C@]12C. The summed E-state index contributed by atoms with van der Waals surface area (Å²) >= 11 is 0. The molecule has 6 nitrogen and oxygen atoms in total. The van der Waals surface area contributed by atoms with Crippen LogP contribution in [-0.4, -0.2) is 34.7 Å². The molecule has 4 aliphatic rings. The van der Waals surface area contributed by atoms with Gasteiger partial charge < -0.3 is 15.5 Å². The number of ether oxygens (including phenoxy) is 1. The number of hydrogen-bond donors (Lipinski definition) is 2. The monoisotopic (exact) mass is 602 g/mol. The Kier molecular flexibility index (Phi) is 8.62. The maximum absolute atomic E-state index is 13.9. The van der Waals surface area contributed by atoms with Crippen molar-refractivity contribution in [3.8, 4) is 0 Å². The number of para-hydroxylation sites is 1. The summed E-state index contributed by atoms with van der Waals surface area (Å²) in [6.07, 6.45) is 12.4. The van der Waals surface area contributed by atoms with Crippen molar-refractivity contribution in [2.45, 2.75) is 117 Å². The van der Waals surface area contributed by atoms with Crippen molar-refractivity contribution in [1.29, 1.82) is 0 Å². The minimum atomic E-state index is -0.582. The van der Waals surface area contributed by atoms with Crippen molar-refractivity contribution in [2.75, 3.05) is 0 Å². The zero-order valence-corrected chi connectivity index (χ0v) is 27.6. The molecule has 10 atom stereocenters. The van der Waals surface area contributed by atoms with Crippen molar-refractivity contribution in [1.82, 2.24) is 4.98 Å². The van der Waals surface area contributed by atoms with Gasteiger partial charge in [-0.2, -0.15) is 0 Å². The zero-order chi connectivity index (χ0) is 31.4. The number of carbonyl (C=O) groups excluding carboxylic acids is 3. The van der Waals surface area contributed by atoms with E-state index in [4.69, 9.17) is 10.5 Å². The molecule has 0 radical (unpaired) electrons. The minimum absolute atomic E-state index is 0.0219. The number of nitrogens with two attached hydrogens (primary N) is 1. The second-order valence-corrected chi connectivity index (χ2v) is 16.0. The Balaban J connectivity index is 1.14. The summed E-state index contributed by atoms with van der Waals surface area (Å²) in [5, 5.41) is 1.08. The first-order valence-corrected chi connectivity index (χ1v) is 17.5. The first kappa shape index (κ1) is 31.5. The maximum atomic E-state index is 13.9. The summed E-state index contributed by atoms with van der Waals surface area (Å²) in [6, 6.07) is 7.50. The summed E-state index contributed by atoms with van der Waals surface area (Å²) < 4.78 is 6.33. The highest BCUT2D eigenvalue weighted by Crippen LogP contribution is 2.67. The van der Waals surface area contributed by atoms with E-state index >= 15 is 0 Å². The molecule has 1 heterocycles. The van der Waals surface area contributed by atoms with Crippen LogP contribution in [0.5, 0.6) is 0 Å². The molecule has 3 N–H and O–H groups in total. The third-order valence-corrected chi connectivity index (χ3v) is 13.4. The van der Waals surface area contributed by atoms with Gasteiger partial charge in [0.1, 0.15) is 11.9 Å². The molecule has 0 amide bonds. The maximum Gasteiger partial charge on any atom is 0.309 e. The second kappa shape index (κ2) is 12.0. The average Bonchev–Trinajstić information content (AvgIpc) is 3.57. The molecule has 1 aromatic heterocycles. The van der Waals surface area contributed by atoms with Gasteiger partial charge in [0.15, 0.2) is 5.78 Å². The second-order valence-electron chi connectivity index (χ2n) is 16.0. The Morgan fingerprint density at radius 1 is 0.977 bits per heavy atom. The molecule has 6 heteroatoms. The number of benzene rings is 1. The van der Waals surface area contributed by atoms with E-state index in [1.165, 1.54) is 32.1 Å². The summed E-state index contributed by atoms with van der Waals surface area (Å²) in [4.78, 5) is 42.9. The van der Waals surface area contributed by atoms with E-state index in [0.29, 0.717) is 30.0 Å². The highest BCUT2D eigenvalue weighted by molar-refractivity contribution is 5.89. The van der Waals surface area contributed by atoms with Gasteiger partial charge in [-0.25, -0.2) is 0 Å². The van der Waals surface area contributed by atoms with E-state index in [1.54, 1.807) is 0 Å². The first-order valence-electron chi connectivity index (χ1n) is 17.5. The van der Waals surface area contributed by atoms with Gasteiger partial charge in [0.2, 0.25) is 0 Å². The summed E-state index contributed by atoms with van der Waals surface area (Å²) in [5.41, 5.74) is 8.74. The number of hydrogen-bond acceptors (Lipinski definition) is 5. The summed E-state index contributed by atoms with van der Waals surface area (Å²) in [6.45, 7) is 10.7. The molecule has 2 aromatic rings. The predicted octanol–water partition coefficient (Wildman–Crippen LogP) is 7.43. The van der Waals surface area contributed by atoms with E-state index in [2.05, 4.69) is 24.9 Å². The molecule has 240 valence electrons. The average molecular weight is 603 g/mol. The molecule has 4 aliphatic carbocycles. The number of ketones is 2. The molecule has 0 bridgehead atoms. The first-order chi connectivity index (χ1) is 20.9. The third-order valence-electron chi connectivity index (χ3n) is 13.4. The molecular formula is C38H54N2O4. The Labute approximate surface area is 263 Å². The van der Waals surface area contributed by atoms with Gasteiger partial charge in [0.25, 0.3) is 0 Å². The number of esters is 1. The molecule has 0 spiro atoms. The van der Waals surface area contributed by atoms with Gasteiger partial charge in [-0.15, -0.1) is 0 Å². The Morgan fingerprint density at radius 3 is 2.45 bits per heavy atom. The number of Topliss-reactive ketones (excluding diaryl/α,β-unsaturated/α-hetero) is 2. The number of rotatable bonds is 9. The summed E-state index contributed by atoms with van der Waals surface area (Å²) in [7, 11) is 0. The lowest BCUT2D eigenvalue weighted by atomic mass is 9.44. The van der Waals surface area contributed by atoms with Gasteiger partial charge in [-0.1, -0.05) is 45.9 Å². The fourth-order valence-corrected chi connectivity index (χ4v) is 10.8. The number of H-pyrrole nitrogens is 1. The van der Waals surface area contributed by atoms with Gasteiger partial charge >= 0.3 is 5.97 Å². The van der Waals surface area contributed by atoms with Crippen LogP contribution in [0.25, 0.3) is 10.9 Å². The molecule has 4 fully saturated rings. The van der Waals surface area contributed by atoms with E-state index in [1.807, 2.05) is 45.2 Å². The highest BCUT2D eigenvalue weighted by Gasteiger charge is 2.61. The Bertz CT molecular complexity index is 1400. The molecule has 0 unspecified atom stereocenters. The molecule has 0 saturated heterocycles. The molecule has 0 aliphatic heterocycles. The lowest BCUT2D eigenvalue weighted by Gasteiger charge is -2.61. The van der Waals surface area contributed by atoms with E-state index in [-0.39, 0.29) is 46.9 Å². The molecule has 6 rings (SSSR count). The topological polar surface area (TPSA) is 102 Å². The largest absolute Gasteiger partial charge is 0.462 e. The van der Waals surface area contributed by atoms with Crippen LogP contribution in [-0.2, 0) is 25.5 Å². The van der Waals surface area contributed by atoms with E-state index in [0.717, 1.165) is 48.1 Å². The van der Waals surface area contributed by atoms with Crippen molar-refractivity contribution >= 4 is 28.4 Å². The highest BCUT2D eigenvalue weighted by atomic mass is 16.5. The number of fused-ring (bicyclic) bond motifs is 6. The van der Waals surface area contributed by atoms with Crippen LogP contribution in [0.2, 0.25) is 0 Å². The predicted molar refractivity (Wildman–Crippen MR) is 174 cm³/mol. The normalized spacial score (nSPS) is 36.2. The lowest BCUT2D eigenvalue weighted by molar-refractivity contribution is -0.167. The zero-order valence-electron chi connectivity index (χ0n) is 27.6. The lowest BCUT2D eigenvalue weighted by Crippen LogP contribution is -2.54. The fourth-order valence-electron chi connectivity index (χ4n) is 10.8. The van der Waals surface area contributed by atoms with Crippen LogP contribution >= 0.6 is 0 Å². The smallest absolute Gasteiger partial charge is 0.309 e. The molecular weight excluding hydrogens is 548 g/mol. The van der Waals surface area contributed by atoms with Crippen molar-refractivity contribution in [2.24, 2.45) is 58.0 Å². The quantitative estimate of drug-likeness (QED) is 0.291. The number of nitrogens with one attached hydrogen (secondary N) is 1. The van der Waals surface area contributed by atoms with Gasteiger partial charge in [-0.3, -0.25) is 14.4 Å². The van der Waals surface area contributed by atoms with Crippen LogP contribution in [0.3, 0.4) is 0 Å². The number of aromatic amines is 1. The van der Waals surface area contributed by atoms with Crippen molar-refractivity contribution < 1.29 is 19.1 Å². The number of carbonyl (C=O) groups is 3. The van der Waals surface area contributed by atoms with Gasteiger partial charge in [-0.05, 0) is 123 Å². The molecule has 44 heavy (non-hydrogen) atoms. The van der Waals surface area contributed by atoms with E-state index < -0.39 is 12.0 Å². The molecule has 4 saturated carbocycles. The Hall–Kier alpha value is -2.47. The van der Waals surface area contributed by atoms with Gasteiger partial charge in [0, 0.05) is 29.4 Å². The van der Waals surface area contributed by atoms with Crippen molar-refractivity contribution in [3.05, 3.63) is 36.0 Å². The van der Waals surface area contributed by atoms with Crippen LogP contribution in [0.1, 0.15) is 104 Å². The van der Waals surface area contributed by atoms with Crippen molar-refractivity contribution in [3.63, 3.8) is 0 Å². The standard InChI is InChI=1S/C38H54N2O4/c1-22(2)35(39)34(42)19-24(18-25-21-40-33-9-7-6-8-28(25)33)36(43)44-27-14-16-37(4)26(20-27)10-11-29-31-13-12-30(23(3)41)38(31,5)17-15-32(29)37/h6-9,21-22,24,26-27,29-32,35,40H,10-20,39H2,1-5H3/t24-,26+,27-,29+,30-,31+,32+,35+,37+,38-/m1/s1. The van der Waals surface area contributed by atoms with E-state index in [9.17, 15) is 14.4 Å².